The van der Waals surface area contributed by atoms with Gasteiger partial charge in [-0.15, -0.1) is 0 Å². The Bertz CT molecular complexity index is 320. The van der Waals surface area contributed by atoms with Crippen molar-refractivity contribution in [3.05, 3.63) is 29.3 Å². The van der Waals surface area contributed by atoms with Gasteiger partial charge in [0.2, 0.25) is 0 Å². The Morgan fingerprint density at radius 3 is 2.38 bits per heavy atom. The second kappa shape index (κ2) is 5.35. The summed E-state index contributed by atoms with van der Waals surface area (Å²) in [6, 6.07) is 6.68. The molecule has 1 fully saturated rings. The van der Waals surface area contributed by atoms with E-state index in [0.717, 1.165) is 12.5 Å². The highest BCUT2D eigenvalue weighted by Crippen LogP contribution is 2.16. The Balaban J connectivity index is 1.88. The van der Waals surface area contributed by atoms with Crippen LogP contribution in [0.5, 0.6) is 0 Å². The van der Waals surface area contributed by atoms with Gasteiger partial charge in [0.05, 0.1) is 0 Å². The molecule has 0 unspecified atom stereocenters. The van der Waals surface area contributed by atoms with E-state index in [4.69, 9.17) is 0 Å². The van der Waals surface area contributed by atoms with Crippen LogP contribution in [-0.4, -0.2) is 19.6 Å². The van der Waals surface area contributed by atoms with Crippen LogP contribution in [0.15, 0.2) is 18.2 Å². The highest BCUT2D eigenvalue weighted by atomic mass is 14.9. The van der Waals surface area contributed by atoms with Crippen molar-refractivity contribution in [2.75, 3.05) is 25.0 Å². The SMILES string of the molecule is Cc1cc(C)cc(NCC2CCNCC2)c1. The van der Waals surface area contributed by atoms with Gasteiger partial charge in [-0.2, -0.15) is 0 Å². The van der Waals surface area contributed by atoms with Crippen LogP contribution < -0.4 is 10.6 Å². The molecule has 1 aliphatic heterocycles. The molecule has 2 N–H and O–H groups in total. The molecule has 0 aromatic heterocycles. The number of aryl methyl sites for hydroxylation is 2. The topological polar surface area (TPSA) is 24.1 Å². The highest BCUT2D eigenvalue weighted by molar-refractivity contribution is 5.48. The van der Waals surface area contributed by atoms with Crippen molar-refractivity contribution in [1.29, 1.82) is 0 Å². The summed E-state index contributed by atoms with van der Waals surface area (Å²) in [5.41, 5.74) is 3.96. The molecule has 0 aliphatic carbocycles. The molecule has 2 rings (SSSR count). The van der Waals surface area contributed by atoms with Crippen LogP contribution in [0.1, 0.15) is 24.0 Å². The van der Waals surface area contributed by atoms with Crippen molar-refractivity contribution in [2.45, 2.75) is 26.7 Å². The van der Waals surface area contributed by atoms with Crippen molar-refractivity contribution < 1.29 is 0 Å². The Hall–Kier alpha value is -1.02. The van der Waals surface area contributed by atoms with Crippen LogP contribution in [0.2, 0.25) is 0 Å². The lowest BCUT2D eigenvalue weighted by molar-refractivity contribution is 0.390. The quantitative estimate of drug-likeness (QED) is 0.815. The highest BCUT2D eigenvalue weighted by Gasteiger charge is 2.12. The Labute approximate surface area is 98.4 Å². The number of piperidine rings is 1. The van der Waals surface area contributed by atoms with E-state index in [2.05, 4.69) is 42.7 Å². The summed E-state index contributed by atoms with van der Waals surface area (Å²) in [7, 11) is 0. The fourth-order valence-corrected chi connectivity index (χ4v) is 2.42. The molecule has 1 aliphatic rings. The molecule has 0 atom stereocenters. The van der Waals surface area contributed by atoms with E-state index in [-0.39, 0.29) is 0 Å². The molecule has 1 saturated heterocycles. The molecule has 0 amide bonds. The predicted octanol–water partition coefficient (Wildman–Crippen LogP) is 2.71. The first-order chi connectivity index (χ1) is 7.74. The molecule has 0 radical (unpaired) electrons. The first-order valence-electron chi connectivity index (χ1n) is 6.27. The van der Waals surface area contributed by atoms with Gasteiger partial charge in [-0.25, -0.2) is 0 Å². The third-order valence-corrected chi connectivity index (χ3v) is 3.28. The minimum absolute atomic E-state index is 0.835. The van der Waals surface area contributed by atoms with Crippen LogP contribution in [0.25, 0.3) is 0 Å². The van der Waals surface area contributed by atoms with Crippen LogP contribution >= 0.6 is 0 Å². The maximum atomic E-state index is 3.57. The maximum Gasteiger partial charge on any atom is 0.0345 e. The van der Waals surface area contributed by atoms with Crippen molar-refractivity contribution in [3.8, 4) is 0 Å². The zero-order valence-corrected chi connectivity index (χ0v) is 10.3. The van der Waals surface area contributed by atoms with Crippen LogP contribution in [0.3, 0.4) is 0 Å². The van der Waals surface area contributed by atoms with Gasteiger partial charge in [-0.3, -0.25) is 0 Å². The van der Waals surface area contributed by atoms with Gasteiger partial charge in [0, 0.05) is 12.2 Å². The van der Waals surface area contributed by atoms with Crippen molar-refractivity contribution >= 4 is 5.69 Å². The molecule has 1 aromatic carbocycles. The van der Waals surface area contributed by atoms with Crippen LogP contribution in [0, 0.1) is 19.8 Å². The van der Waals surface area contributed by atoms with E-state index in [1.54, 1.807) is 0 Å². The molecule has 1 heterocycles. The summed E-state index contributed by atoms with van der Waals surface area (Å²) in [5, 5.41) is 6.97. The minimum atomic E-state index is 0.835. The average molecular weight is 218 g/mol. The van der Waals surface area contributed by atoms with E-state index in [0.29, 0.717) is 0 Å². The van der Waals surface area contributed by atoms with Crippen molar-refractivity contribution in [1.82, 2.24) is 5.32 Å². The first kappa shape index (κ1) is 11.5. The van der Waals surface area contributed by atoms with Gasteiger partial charge in [-0.1, -0.05) is 6.07 Å². The Kier molecular flexibility index (Phi) is 3.83. The number of hydrogen-bond acceptors (Lipinski definition) is 2. The summed E-state index contributed by atoms with van der Waals surface area (Å²) in [6.07, 6.45) is 2.61. The Morgan fingerprint density at radius 1 is 1.12 bits per heavy atom. The molecule has 2 heteroatoms. The fraction of sp³-hybridized carbons (Fsp3) is 0.571. The van der Waals surface area contributed by atoms with E-state index in [9.17, 15) is 0 Å². The second-order valence-electron chi connectivity index (χ2n) is 4.95. The number of rotatable bonds is 3. The zero-order chi connectivity index (χ0) is 11.4. The summed E-state index contributed by atoms with van der Waals surface area (Å²) in [4.78, 5) is 0. The molecular formula is C14H22N2. The smallest absolute Gasteiger partial charge is 0.0345 e. The summed E-state index contributed by atoms with van der Waals surface area (Å²) in [6.45, 7) is 7.79. The van der Waals surface area contributed by atoms with Gasteiger partial charge in [0.1, 0.15) is 0 Å². The summed E-state index contributed by atoms with van der Waals surface area (Å²) < 4.78 is 0. The molecule has 0 spiro atoms. The van der Waals surface area contributed by atoms with Gasteiger partial charge >= 0.3 is 0 Å². The fourth-order valence-electron chi connectivity index (χ4n) is 2.42. The molecule has 2 nitrogen and oxygen atoms in total. The second-order valence-corrected chi connectivity index (χ2v) is 4.95. The number of anilines is 1. The summed E-state index contributed by atoms with van der Waals surface area (Å²) >= 11 is 0. The minimum Gasteiger partial charge on any atom is -0.385 e. The maximum absolute atomic E-state index is 3.57. The molecule has 88 valence electrons. The van der Waals surface area contributed by atoms with Crippen LogP contribution in [-0.2, 0) is 0 Å². The lowest BCUT2D eigenvalue weighted by Crippen LogP contribution is -2.31. The van der Waals surface area contributed by atoms with Gasteiger partial charge < -0.3 is 10.6 Å². The first-order valence-corrected chi connectivity index (χ1v) is 6.27. The van der Waals surface area contributed by atoms with Crippen molar-refractivity contribution in [2.24, 2.45) is 5.92 Å². The van der Waals surface area contributed by atoms with E-state index in [1.165, 1.54) is 42.7 Å². The van der Waals surface area contributed by atoms with E-state index in [1.807, 2.05) is 0 Å². The third-order valence-electron chi connectivity index (χ3n) is 3.28. The lowest BCUT2D eigenvalue weighted by Gasteiger charge is -2.23. The van der Waals surface area contributed by atoms with Crippen LogP contribution in [0.4, 0.5) is 5.69 Å². The lowest BCUT2D eigenvalue weighted by atomic mass is 9.98. The van der Waals surface area contributed by atoms with Gasteiger partial charge in [0.15, 0.2) is 0 Å². The van der Waals surface area contributed by atoms with Gasteiger partial charge in [0.25, 0.3) is 0 Å². The van der Waals surface area contributed by atoms with Gasteiger partial charge in [-0.05, 0) is 69.0 Å². The molecule has 1 aromatic rings. The number of benzene rings is 1. The molecule has 16 heavy (non-hydrogen) atoms. The Morgan fingerprint density at radius 2 is 1.75 bits per heavy atom. The van der Waals surface area contributed by atoms with E-state index >= 15 is 0 Å². The molecule has 0 bridgehead atoms. The molecule has 0 saturated carbocycles. The summed E-state index contributed by atoms with van der Waals surface area (Å²) in [5.74, 6) is 0.835. The normalized spacial score (nSPS) is 17.4. The monoisotopic (exact) mass is 218 g/mol. The standard InChI is InChI=1S/C14H22N2/c1-11-7-12(2)9-14(8-11)16-10-13-3-5-15-6-4-13/h7-9,13,15-16H,3-6,10H2,1-2H3. The average Bonchev–Trinajstić information content (AvgIpc) is 2.27. The number of hydrogen-bond donors (Lipinski definition) is 2. The molecular weight excluding hydrogens is 196 g/mol. The largest absolute Gasteiger partial charge is 0.385 e. The predicted molar refractivity (Wildman–Crippen MR) is 70.0 cm³/mol. The van der Waals surface area contributed by atoms with E-state index < -0.39 is 0 Å². The third kappa shape index (κ3) is 3.24. The zero-order valence-electron chi connectivity index (χ0n) is 10.3. The van der Waals surface area contributed by atoms with Crippen molar-refractivity contribution in [3.63, 3.8) is 0 Å². The number of nitrogens with one attached hydrogen (secondary N) is 2.